The predicted octanol–water partition coefficient (Wildman–Crippen LogP) is 8.10. The summed E-state index contributed by atoms with van der Waals surface area (Å²) in [6.45, 7) is 1.81. The van der Waals surface area contributed by atoms with Crippen LogP contribution in [0.15, 0.2) is 119 Å². The number of anilines is 1. The fourth-order valence-electron chi connectivity index (χ4n) is 5.60. The molecule has 50 heavy (non-hydrogen) atoms. The first-order valence-corrected chi connectivity index (χ1v) is 17.2. The smallest absolute Gasteiger partial charge is 0.301 e. The largest absolute Gasteiger partial charge is 0.507 e. The molecule has 1 N–H and O–H groups in total. The lowest BCUT2D eigenvalue weighted by molar-refractivity contribution is -0.132. The summed E-state index contributed by atoms with van der Waals surface area (Å²) in [5, 5.41) is 22.9. The molecule has 0 spiro atoms. The van der Waals surface area contributed by atoms with E-state index in [4.69, 9.17) is 20.6 Å². The Kier molecular flexibility index (Phi) is 10.3. The molecule has 1 aliphatic rings. The number of carbonyl (C=O) groups excluding carboxylic acids is 2. The normalized spacial score (nSPS) is 15.8. The van der Waals surface area contributed by atoms with E-state index in [-0.39, 0.29) is 22.0 Å². The van der Waals surface area contributed by atoms with Crippen LogP contribution in [-0.2, 0) is 15.3 Å². The number of benzene rings is 4. The van der Waals surface area contributed by atoms with Crippen LogP contribution in [0, 0.1) is 12.3 Å². The van der Waals surface area contributed by atoms with Crippen LogP contribution in [0.2, 0.25) is 0 Å². The van der Waals surface area contributed by atoms with Crippen molar-refractivity contribution in [1.29, 1.82) is 0 Å². The van der Waals surface area contributed by atoms with Crippen molar-refractivity contribution in [2.75, 3.05) is 19.1 Å². The summed E-state index contributed by atoms with van der Waals surface area (Å²) in [6.07, 6.45) is 10.3. The highest BCUT2D eigenvalue weighted by molar-refractivity contribution is 8.00. The summed E-state index contributed by atoms with van der Waals surface area (Å²) in [5.74, 6) is 2.65. The first kappa shape index (κ1) is 34.0. The molecular formula is C39H31N3O6S2. The number of terminal acetylenes is 1. The standard InChI is InChI=1S/C39H31N3O6S2/c1-5-7-16-28(6-2)48-29-17-11-14-25(21-29)34-33(35(43)26-19-20-31(46-3)32(22-26)47-4)36(44)37(45)42(34)38-40-41-39(50-38)49-23-27-15-10-13-24-12-8-9-18-30(24)27/h1,6-22,34,43H,23H2,2-4H3/b16-7-,28-6+,35-33?. The van der Waals surface area contributed by atoms with Gasteiger partial charge in [-0.1, -0.05) is 83.6 Å². The molecule has 1 unspecified atom stereocenters. The lowest BCUT2D eigenvalue weighted by Crippen LogP contribution is -2.29. The van der Waals surface area contributed by atoms with Gasteiger partial charge in [-0.25, -0.2) is 0 Å². The van der Waals surface area contributed by atoms with E-state index in [0.29, 0.717) is 38.7 Å². The Morgan fingerprint density at radius 1 is 1.00 bits per heavy atom. The second-order valence-electron chi connectivity index (χ2n) is 10.9. The minimum Gasteiger partial charge on any atom is -0.507 e. The summed E-state index contributed by atoms with van der Waals surface area (Å²) in [7, 11) is 2.96. The Balaban J connectivity index is 1.41. The molecule has 1 saturated heterocycles. The van der Waals surface area contributed by atoms with Crippen LogP contribution in [0.4, 0.5) is 5.13 Å². The monoisotopic (exact) mass is 701 g/mol. The number of ketones is 1. The van der Waals surface area contributed by atoms with Crippen LogP contribution in [0.5, 0.6) is 17.2 Å². The molecule has 250 valence electrons. The third kappa shape index (κ3) is 6.85. The number of ether oxygens (including phenoxy) is 3. The van der Waals surface area contributed by atoms with E-state index < -0.39 is 17.7 Å². The number of fused-ring (bicyclic) bond motifs is 1. The first-order chi connectivity index (χ1) is 24.4. The number of methoxy groups -OCH3 is 2. The quantitative estimate of drug-likeness (QED) is 0.0278. The Morgan fingerprint density at radius 2 is 1.78 bits per heavy atom. The van der Waals surface area contributed by atoms with Gasteiger partial charge in [-0.3, -0.25) is 14.5 Å². The van der Waals surface area contributed by atoms with Gasteiger partial charge in [0.15, 0.2) is 15.8 Å². The van der Waals surface area contributed by atoms with E-state index in [0.717, 1.165) is 16.3 Å². The van der Waals surface area contributed by atoms with Gasteiger partial charge >= 0.3 is 5.91 Å². The number of Topliss-reactive ketones (excluding diaryl/α,β-unsaturated/α-hetero) is 1. The molecule has 0 bridgehead atoms. The molecule has 0 saturated carbocycles. The summed E-state index contributed by atoms with van der Waals surface area (Å²) < 4.78 is 17.5. The van der Waals surface area contributed by atoms with Gasteiger partial charge < -0.3 is 19.3 Å². The average molecular weight is 702 g/mol. The van der Waals surface area contributed by atoms with Crippen molar-refractivity contribution < 1.29 is 28.9 Å². The fourth-order valence-corrected chi connectivity index (χ4v) is 7.48. The number of hydrogen-bond acceptors (Lipinski definition) is 10. The highest BCUT2D eigenvalue weighted by Crippen LogP contribution is 2.45. The third-order valence-corrected chi connectivity index (χ3v) is 10.1. The number of carbonyl (C=O) groups is 2. The predicted molar refractivity (Wildman–Crippen MR) is 197 cm³/mol. The SMILES string of the molecule is C#C/C=C\C(=C/C)Oc1cccc(C2C(=C(O)c3ccc(OC)c(OC)c3)C(=O)C(=O)N2c2nnc(SCc3cccc4ccccc34)s2)c1. The van der Waals surface area contributed by atoms with E-state index in [9.17, 15) is 14.7 Å². The second kappa shape index (κ2) is 15.2. The summed E-state index contributed by atoms with van der Waals surface area (Å²) in [4.78, 5) is 29.0. The lowest BCUT2D eigenvalue weighted by Gasteiger charge is -2.23. The van der Waals surface area contributed by atoms with Crippen LogP contribution in [0.1, 0.15) is 29.7 Å². The average Bonchev–Trinajstić information content (AvgIpc) is 3.73. The number of aliphatic hydroxyl groups excluding tert-OH is 1. The number of aromatic nitrogens is 2. The van der Waals surface area contributed by atoms with E-state index in [1.165, 1.54) is 48.3 Å². The number of nitrogens with zero attached hydrogens (tertiary/aromatic N) is 3. The van der Waals surface area contributed by atoms with Crippen LogP contribution in [0.3, 0.4) is 0 Å². The van der Waals surface area contributed by atoms with Crippen molar-refractivity contribution in [2.45, 2.75) is 23.1 Å². The molecular weight excluding hydrogens is 671 g/mol. The molecule has 9 nitrogen and oxygen atoms in total. The molecule has 0 aliphatic carbocycles. The topological polar surface area (TPSA) is 111 Å². The maximum Gasteiger partial charge on any atom is 0.301 e. The van der Waals surface area contributed by atoms with Gasteiger partial charge in [-0.15, -0.1) is 16.6 Å². The van der Waals surface area contributed by atoms with E-state index in [2.05, 4.69) is 40.4 Å². The van der Waals surface area contributed by atoms with Crippen molar-refractivity contribution in [3.8, 4) is 29.6 Å². The molecule has 6 rings (SSSR count). The van der Waals surface area contributed by atoms with Gasteiger partial charge in [-0.05, 0) is 77.4 Å². The molecule has 11 heteroatoms. The molecule has 1 fully saturated rings. The van der Waals surface area contributed by atoms with Gasteiger partial charge in [0.1, 0.15) is 17.3 Å². The van der Waals surface area contributed by atoms with Crippen LogP contribution in [0.25, 0.3) is 16.5 Å². The number of allylic oxidation sites excluding steroid dienone is 3. The number of aliphatic hydroxyl groups is 1. The molecule has 1 aliphatic heterocycles. The minimum atomic E-state index is -1.06. The molecule has 5 aromatic rings. The summed E-state index contributed by atoms with van der Waals surface area (Å²) in [6, 6.07) is 24.9. The van der Waals surface area contributed by atoms with E-state index in [1.807, 2.05) is 25.1 Å². The fraction of sp³-hybridized carbons (Fsp3) is 0.128. The first-order valence-electron chi connectivity index (χ1n) is 15.4. The zero-order valence-corrected chi connectivity index (χ0v) is 29.0. The van der Waals surface area contributed by atoms with Crippen molar-refractivity contribution >= 4 is 56.5 Å². The van der Waals surface area contributed by atoms with E-state index in [1.54, 1.807) is 54.6 Å². The highest BCUT2D eigenvalue weighted by Gasteiger charge is 2.48. The van der Waals surface area contributed by atoms with Gasteiger partial charge in [0.25, 0.3) is 5.78 Å². The van der Waals surface area contributed by atoms with E-state index >= 15 is 0 Å². The maximum absolute atomic E-state index is 13.9. The number of thioether (sulfide) groups is 1. The van der Waals surface area contributed by atoms with Gasteiger partial charge in [0.05, 0.1) is 25.8 Å². The number of rotatable bonds is 11. The Hall–Kier alpha value is -5.83. The van der Waals surface area contributed by atoms with Crippen LogP contribution in [-0.4, -0.2) is 41.2 Å². The molecule has 1 amide bonds. The van der Waals surface area contributed by atoms with Gasteiger partial charge in [0, 0.05) is 11.3 Å². The number of hydrogen-bond donors (Lipinski definition) is 1. The zero-order chi connectivity index (χ0) is 35.2. The summed E-state index contributed by atoms with van der Waals surface area (Å²) >= 11 is 2.68. The van der Waals surface area contributed by atoms with Gasteiger partial charge in [0.2, 0.25) is 5.13 Å². The molecule has 1 atom stereocenters. The molecule has 2 heterocycles. The Morgan fingerprint density at radius 3 is 2.56 bits per heavy atom. The lowest BCUT2D eigenvalue weighted by atomic mass is 9.95. The molecule has 0 radical (unpaired) electrons. The molecule has 4 aromatic carbocycles. The Bertz CT molecular complexity index is 2230. The molecule has 1 aromatic heterocycles. The van der Waals surface area contributed by atoms with Crippen molar-refractivity contribution in [2.24, 2.45) is 0 Å². The van der Waals surface area contributed by atoms with Crippen molar-refractivity contribution in [3.63, 3.8) is 0 Å². The Labute approximate surface area is 297 Å². The minimum absolute atomic E-state index is 0.127. The summed E-state index contributed by atoms with van der Waals surface area (Å²) in [5.41, 5.74) is 1.77. The number of amides is 1. The van der Waals surface area contributed by atoms with Crippen LogP contribution >= 0.6 is 23.1 Å². The van der Waals surface area contributed by atoms with Crippen molar-refractivity contribution in [1.82, 2.24) is 10.2 Å². The van der Waals surface area contributed by atoms with Crippen molar-refractivity contribution in [3.05, 3.63) is 131 Å². The second-order valence-corrected chi connectivity index (χ2v) is 13.1. The van der Waals surface area contributed by atoms with Gasteiger partial charge in [-0.2, -0.15) is 0 Å². The maximum atomic E-state index is 13.9. The highest BCUT2D eigenvalue weighted by atomic mass is 32.2. The third-order valence-electron chi connectivity index (χ3n) is 7.97. The zero-order valence-electron chi connectivity index (χ0n) is 27.3. The van der Waals surface area contributed by atoms with Crippen LogP contribution < -0.4 is 19.1 Å².